The van der Waals surface area contributed by atoms with Crippen molar-refractivity contribution in [3.63, 3.8) is 0 Å². The van der Waals surface area contributed by atoms with Crippen LogP contribution in [0.2, 0.25) is 0 Å². The predicted octanol–water partition coefficient (Wildman–Crippen LogP) is 5.46. The number of aromatic nitrogens is 2. The summed E-state index contributed by atoms with van der Waals surface area (Å²) in [7, 11) is 0. The Hall–Kier alpha value is -2.43. The van der Waals surface area contributed by atoms with Gasteiger partial charge in [0.15, 0.2) is 0 Å². The second kappa shape index (κ2) is 9.49. The van der Waals surface area contributed by atoms with Gasteiger partial charge in [0, 0.05) is 29.1 Å². The molecule has 27 heavy (non-hydrogen) atoms. The molecule has 5 nitrogen and oxygen atoms in total. The maximum absolute atomic E-state index is 12.6. The van der Waals surface area contributed by atoms with Gasteiger partial charge in [-0.15, -0.1) is 0 Å². The summed E-state index contributed by atoms with van der Waals surface area (Å²) >= 11 is 0. The Morgan fingerprint density at radius 1 is 1.07 bits per heavy atom. The second-order valence-electron chi connectivity index (χ2n) is 7.60. The highest BCUT2D eigenvalue weighted by Crippen LogP contribution is 2.32. The molecule has 3 rings (SSSR count). The third-order valence-electron chi connectivity index (χ3n) is 5.41. The number of anilines is 3. The standard InChI is InChI=1S/C22H30N4O/c1-3-4-5-17-6-8-18(9-7-17)22(27)26-20-12-10-19(11-13-20)25-21-14-16(2)23-15-24-21/h10-15,17-18H,3-9H2,1-2H3,(H,26,27)(H,23,24,25). The van der Waals surface area contributed by atoms with E-state index >= 15 is 0 Å². The topological polar surface area (TPSA) is 66.9 Å². The first-order chi connectivity index (χ1) is 13.1. The van der Waals surface area contributed by atoms with Gasteiger partial charge in [0.1, 0.15) is 12.1 Å². The number of unbranched alkanes of at least 4 members (excludes halogenated alkanes) is 1. The van der Waals surface area contributed by atoms with E-state index in [1.165, 1.54) is 32.1 Å². The molecule has 1 fully saturated rings. The van der Waals surface area contributed by atoms with Crippen molar-refractivity contribution < 1.29 is 4.79 Å². The minimum absolute atomic E-state index is 0.157. The molecule has 0 unspecified atom stereocenters. The lowest BCUT2D eigenvalue weighted by atomic mass is 9.79. The van der Waals surface area contributed by atoms with E-state index in [9.17, 15) is 4.79 Å². The minimum atomic E-state index is 0.157. The van der Waals surface area contributed by atoms with Crippen LogP contribution in [0.4, 0.5) is 17.2 Å². The van der Waals surface area contributed by atoms with Crippen molar-refractivity contribution in [2.24, 2.45) is 11.8 Å². The van der Waals surface area contributed by atoms with Gasteiger partial charge < -0.3 is 10.6 Å². The molecule has 0 saturated heterocycles. The average Bonchev–Trinajstić information content (AvgIpc) is 2.68. The van der Waals surface area contributed by atoms with E-state index in [-0.39, 0.29) is 11.8 Å². The fourth-order valence-corrected chi connectivity index (χ4v) is 3.76. The molecule has 0 bridgehead atoms. The van der Waals surface area contributed by atoms with Gasteiger partial charge >= 0.3 is 0 Å². The Morgan fingerprint density at radius 2 is 1.78 bits per heavy atom. The molecule has 2 N–H and O–H groups in total. The minimum Gasteiger partial charge on any atom is -0.340 e. The van der Waals surface area contributed by atoms with E-state index < -0.39 is 0 Å². The van der Waals surface area contributed by atoms with Gasteiger partial charge in [-0.3, -0.25) is 4.79 Å². The first-order valence-corrected chi connectivity index (χ1v) is 10.1. The number of nitrogens with one attached hydrogen (secondary N) is 2. The van der Waals surface area contributed by atoms with Gasteiger partial charge in [-0.2, -0.15) is 0 Å². The van der Waals surface area contributed by atoms with Gasteiger partial charge in [-0.1, -0.05) is 26.2 Å². The van der Waals surface area contributed by atoms with E-state index in [0.29, 0.717) is 0 Å². The first-order valence-electron chi connectivity index (χ1n) is 10.1. The average molecular weight is 367 g/mol. The quantitative estimate of drug-likeness (QED) is 0.682. The fourth-order valence-electron chi connectivity index (χ4n) is 3.76. The van der Waals surface area contributed by atoms with Crippen LogP contribution in [0.15, 0.2) is 36.7 Å². The van der Waals surface area contributed by atoms with Crippen LogP contribution >= 0.6 is 0 Å². The summed E-state index contributed by atoms with van der Waals surface area (Å²) in [6.07, 6.45) is 9.88. The van der Waals surface area contributed by atoms with Crippen molar-refractivity contribution in [3.8, 4) is 0 Å². The van der Waals surface area contributed by atoms with Crippen LogP contribution in [-0.2, 0) is 4.79 Å². The molecule has 1 aromatic heterocycles. The maximum Gasteiger partial charge on any atom is 0.227 e. The van der Waals surface area contributed by atoms with Gasteiger partial charge in [-0.25, -0.2) is 9.97 Å². The molecule has 1 aromatic carbocycles. The van der Waals surface area contributed by atoms with Crippen molar-refractivity contribution in [1.82, 2.24) is 9.97 Å². The zero-order valence-electron chi connectivity index (χ0n) is 16.4. The monoisotopic (exact) mass is 366 g/mol. The molecular weight excluding hydrogens is 336 g/mol. The third-order valence-corrected chi connectivity index (χ3v) is 5.41. The number of carbonyl (C=O) groups is 1. The maximum atomic E-state index is 12.6. The highest BCUT2D eigenvalue weighted by molar-refractivity contribution is 5.92. The van der Waals surface area contributed by atoms with Gasteiger partial charge in [0.25, 0.3) is 0 Å². The number of carbonyl (C=O) groups excluding carboxylic acids is 1. The van der Waals surface area contributed by atoms with Crippen LogP contribution in [0, 0.1) is 18.8 Å². The second-order valence-corrected chi connectivity index (χ2v) is 7.60. The van der Waals surface area contributed by atoms with Crippen LogP contribution in [0.5, 0.6) is 0 Å². The predicted molar refractivity (Wildman–Crippen MR) is 110 cm³/mol. The van der Waals surface area contributed by atoms with Crippen molar-refractivity contribution in [3.05, 3.63) is 42.4 Å². The molecule has 2 aromatic rings. The molecule has 0 spiro atoms. The van der Waals surface area contributed by atoms with Gasteiger partial charge in [0.2, 0.25) is 5.91 Å². The molecule has 1 amide bonds. The Labute approximate surface area is 162 Å². The normalized spacial score (nSPS) is 19.5. The summed E-state index contributed by atoms with van der Waals surface area (Å²) in [6, 6.07) is 9.66. The number of rotatable bonds is 7. The Kier molecular flexibility index (Phi) is 6.80. The van der Waals surface area contributed by atoms with E-state index in [0.717, 1.165) is 41.6 Å². The van der Waals surface area contributed by atoms with Gasteiger partial charge in [0.05, 0.1) is 0 Å². The Morgan fingerprint density at radius 3 is 2.44 bits per heavy atom. The molecule has 5 heteroatoms. The lowest BCUT2D eigenvalue weighted by molar-refractivity contribution is -0.121. The summed E-state index contributed by atoms with van der Waals surface area (Å²) in [5.41, 5.74) is 2.70. The Balaban J connectivity index is 1.49. The summed E-state index contributed by atoms with van der Waals surface area (Å²) in [5.74, 6) is 1.91. The van der Waals surface area contributed by atoms with Crippen LogP contribution in [0.25, 0.3) is 0 Å². The largest absolute Gasteiger partial charge is 0.340 e. The highest BCUT2D eigenvalue weighted by Gasteiger charge is 2.25. The molecule has 0 aliphatic heterocycles. The summed E-state index contributed by atoms with van der Waals surface area (Å²) < 4.78 is 0. The SMILES string of the molecule is CCCCC1CCC(C(=O)Nc2ccc(Nc3cc(C)ncn3)cc2)CC1. The van der Waals surface area contributed by atoms with Crippen LogP contribution in [0.3, 0.4) is 0 Å². The fraction of sp³-hybridized carbons (Fsp3) is 0.500. The van der Waals surface area contributed by atoms with E-state index in [1.54, 1.807) is 6.33 Å². The van der Waals surface area contributed by atoms with Crippen molar-refractivity contribution >= 4 is 23.1 Å². The number of hydrogen-bond donors (Lipinski definition) is 2. The molecule has 1 aliphatic carbocycles. The summed E-state index contributed by atoms with van der Waals surface area (Å²) in [5, 5.41) is 6.32. The Bertz CT molecular complexity index is 736. The third kappa shape index (κ3) is 5.78. The smallest absolute Gasteiger partial charge is 0.227 e. The van der Waals surface area contributed by atoms with E-state index in [4.69, 9.17) is 0 Å². The first kappa shape index (κ1) is 19.3. The molecule has 0 radical (unpaired) electrons. The summed E-state index contributed by atoms with van der Waals surface area (Å²) in [4.78, 5) is 20.9. The number of aryl methyl sites for hydroxylation is 1. The van der Waals surface area contributed by atoms with Crippen molar-refractivity contribution in [2.75, 3.05) is 10.6 Å². The lowest BCUT2D eigenvalue weighted by Gasteiger charge is -2.27. The molecule has 1 aliphatic rings. The van der Waals surface area contributed by atoms with Crippen LogP contribution < -0.4 is 10.6 Å². The van der Waals surface area contributed by atoms with Crippen molar-refractivity contribution in [2.45, 2.75) is 58.8 Å². The highest BCUT2D eigenvalue weighted by atomic mass is 16.1. The molecule has 1 saturated carbocycles. The lowest BCUT2D eigenvalue weighted by Crippen LogP contribution is -2.27. The molecule has 0 atom stereocenters. The zero-order valence-corrected chi connectivity index (χ0v) is 16.4. The summed E-state index contributed by atoms with van der Waals surface area (Å²) in [6.45, 7) is 4.18. The number of amides is 1. The molecular formula is C22H30N4O. The van der Waals surface area contributed by atoms with E-state index in [2.05, 4.69) is 27.5 Å². The molecule has 1 heterocycles. The van der Waals surface area contributed by atoms with Crippen LogP contribution in [0.1, 0.15) is 57.6 Å². The number of benzene rings is 1. The zero-order chi connectivity index (χ0) is 19.1. The van der Waals surface area contributed by atoms with E-state index in [1.807, 2.05) is 37.3 Å². The van der Waals surface area contributed by atoms with Crippen molar-refractivity contribution in [1.29, 1.82) is 0 Å². The number of nitrogens with zero attached hydrogens (tertiary/aromatic N) is 2. The van der Waals surface area contributed by atoms with Crippen LogP contribution in [-0.4, -0.2) is 15.9 Å². The number of hydrogen-bond acceptors (Lipinski definition) is 4. The van der Waals surface area contributed by atoms with Gasteiger partial charge in [-0.05, 0) is 62.8 Å². The molecule has 144 valence electrons.